The van der Waals surface area contributed by atoms with Crippen molar-refractivity contribution in [3.05, 3.63) is 89.2 Å². The van der Waals surface area contributed by atoms with Gasteiger partial charge in [-0.25, -0.2) is 4.39 Å². The Kier molecular flexibility index (Phi) is 6.66. The minimum Gasteiger partial charge on any atom is -0.489 e. The average molecular weight is 403 g/mol. The summed E-state index contributed by atoms with van der Waals surface area (Å²) in [6.45, 7) is 3.75. The van der Waals surface area contributed by atoms with Crippen molar-refractivity contribution in [3.8, 4) is 11.8 Å². The Morgan fingerprint density at radius 3 is 2.53 bits per heavy atom. The summed E-state index contributed by atoms with van der Waals surface area (Å²) < 4.78 is 19.4. The van der Waals surface area contributed by atoms with E-state index in [1.54, 1.807) is 50.2 Å². The molecule has 0 spiro atoms. The Morgan fingerprint density at radius 2 is 1.83 bits per heavy atom. The van der Waals surface area contributed by atoms with E-state index in [0.717, 1.165) is 11.3 Å². The van der Waals surface area contributed by atoms with Gasteiger partial charge in [0, 0.05) is 11.4 Å². The predicted molar refractivity (Wildman–Crippen MR) is 115 cm³/mol. The largest absolute Gasteiger partial charge is 0.489 e. The smallest absolute Gasteiger partial charge is 0.246 e. The number of nitrogens with one attached hydrogen (secondary N) is 2. The van der Waals surface area contributed by atoms with E-state index in [1.807, 2.05) is 24.3 Å². The molecule has 1 atom stereocenters. The van der Waals surface area contributed by atoms with Crippen molar-refractivity contribution in [2.24, 2.45) is 0 Å². The van der Waals surface area contributed by atoms with E-state index < -0.39 is 6.04 Å². The summed E-state index contributed by atoms with van der Waals surface area (Å²) in [5, 5.41) is 14.8. The first-order valence-electron chi connectivity index (χ1n) is 9.50. The van der Waals surface area contributed by atoms with Gasteiger partial charge in [0.1, 0.15) is 24.2 Å². The van der Waals surface area contributed by atoms with Gasteiger partial charge in [-0.3, -0.25) is 4.79 Å². The number of hydrogen-bond acceptors (Lipinski definition) is 4. The molecule has 6 heteroatoms. The van der Waals surface area contributed by atoms with Crippen LogP contribution < -0.4 is 15.4 Å². The molecule has 3 aromatic carbocycles. The molecule has 0 aromatic heterocycles. The van der Waals surface area contributed by atoms with Crippen LogP contribution in [0.5, 0.6) is 5.75 Å². The lowest BCUT2D eigenvalue weighted by atomic mass is 10.1. The van der Waals surface area contributed by atoms with Crippen LogP contribution in [0.1, 0.15) is 23.6 Å². The zero-order valence-electron chi connectivity index (χ0n) is 16.8. The van der Waals surface area contributed by atoms with Crippen molar-refractivity contribution < 1.29 is 13.9 Å². The van der Waals surface area contributed by atoms with E-state index >= 15 is 0 Å². The summed E-state index contributed by atoms with van der Waals surface area (Å²) in [7, 11) is 0. The predicted octanol–water partition coefficient (Wildman–Crippen LogP) is 5.02. The summed E-state index contributed by atoms with van der Waals surface area (Å²) >= 11 is 0. The minimum absolute atomic E-state index is 0.268. The summed E-state index contributed by atoms with van der Waals surface area (Å²) in [5.74, 6) is 0.0504. The van der Waals surface area contributed by atoms with E-state index in [1.165, 1.54) is 6.07 Å². The Balaban J connectivity index is 1.53. The monoisotopic (exact) mass is 403 g/mol. The molecule has 0 fully saturated rings. The molecule has 30 heavy (non-hydrogen) atoms. The van der Waals surface area contributed by atoms with Crippen LogP contribution in [0.15, 0.2) is 66.7 Å². The standard InChI is InChI=1S/C24H22FN3O2/c1-16-6-7-21(13-23(16)25)28-24(29)17(2)27-20-8-10-22(11-9-20)30-15-19-5-3-4-18(12-19)14-26/h3-13,17,27H,15H2,1-2H3,(H,28,29). The molecule has 0 aliphatic heterocycles. The second-order valence-electron chi connectivity index (χ2n) is 6.94. The molecule has 0 radical (unpaired) electrons. The van der Waals surface area contributed by atoms with Crippen LogP contribution in [0.4, 0.5) is 15.8 Å². The highest BCUT2D eigenvalue weighted by Gasteiger charge is 2.13. The highest BCUT2D eigenvalue weighted by Crippen LogP contribution is 2.19. The van der Waals surface area contributed by atoms with Gasteiger partial charge in [0.15, 0.2) is 0 Å². The lowest BCUT2D eigenvalue weighted by Crippen LogP contribution is -2.31. The first kappa shape index (κ1) is 20.9. The molecule has 1 amide bonds. The third-order valence-corrected chi connectivity index (χ3v) is 4.53. The molecule has 0 aliphatic rings. The topological polar surface area (TPSA) is 74.2 Å². The van der Waals surface area contributed by atoms with Crippen molar-refractivity contribution in [3.63, 3.8) is 0 Å². The Hall–Kier alpha value is -3.85. The molecule has 152 valence electrons. The lowest BCUT2D eigenvalue weighted by molar-refractivity contribution is -0.116. The number of ether oxygens (including phenoxy) is 1. The highest BCUT2D eigenvalue weighted by atomic mass is 19.1. The van der Waals surface area contributed by atoms with Gasteiger partial charge in [-0.2, -0.15) is 5.26 Å². The highest BCUT2D eigenvalue weighted by molar-refractivity contribution is 5.96. The second-order valence-corrected chi connectivity index (χ2v) is 6.94. The third-order valence-electron chi connectivity index (χ3n) is 4.53. The summed E-state index contributed by atoms with van der Waals surface area (Å²) in [5.41, 5.74) is 3.21. The fourth-order valence-corrected chi connectivity index (χ4v) is 2.78. The van der Waals surface area contributed by atoms with E-state index in [4.69, 9.17) is 10.00 Å². The molecule has 5 nitrogen and oxygen atoms in total. The molecular weight excluding hydrogens is 381 g/mol. The fourth-order valence-electron chi connectivity index (χ4n) is 2.78. The maximum Gasteiger partial charge on any atom is 0.246 e. The van der Waals surface area contributed by atoms with Crippen molar-refractivity contribution >= 4 is 17.3 Å². The van der Waals surface area contributed by atoms with Gasteiger partial charge in [-0.1, -0.05) is 18.2 Å². The molecule has 3 rings (SSSR count). The van der Waals surface area contributed by atoms with Crippen molar-refractivity contribution in [2.45, 2.75) is 26.5 Å². The van der Waals surface area contributed by atoms with Gasteiger partial charge in [0.2, 0.25) is 5.91 Å². The number of benzene rings is 3. The molecule has 3 aromatic rings. The van der Waals surface area contributed by atoms with E-state index in [0.29, 0.717) is 29.2 Å². The summed E-state index contributed by atoms with van der Waals surface area (Å²) in [4.78, 5) is 12.3. The van der Waals surface area contributed by atoms with Gasteiger partial charge in [0.25, 0.3) is 0 Å². The summed E-state index contributed by atoms with van der Waals surface area (Å²) in [6.07, 6.45) is 0. The number of anilines is 2. The van der Waals surface area contributed by atoms with Crippen molar-refractivity contribution in [1.82, 2.24) is 0 Å². The van der Waals surface area contributed by atoms with Crippen LogP contribution in [-0.2, 0) is 11.4 Å². The maximum absolute atomic E-state index is 13.6. The number of hydrogen-bond donors (Lipinski definition) is 2. The van der Waals surface area contributed by atoms with Gasteiger partial charge in [0.05, 0.1) is 11.6 Å². The number of carbonyl (C=O) groups excluding carboxylic acids is 1. The van der Waals surface area contributed by atoms with Crippen molar-refractivity contribution in [1.29, 1.82) is 5.26 Å². The molecular formula is C24H22FN3O2. The molecule has 0 saturated heterocycles. The molecule has 2 N–H and O–H groups in total. The normalized spacial score (nSPS) is 11.3. The Labute approximate surface area is 175 Å². The quantitative estimate of drug-likeness (QED) is 0.581. The van der Waals surface area contributed by atoms with E-state index in [2.05, 4.69) is 16.7 Å². The number of amides is 1. The van der Waals surface area contributed by atoms with Crippen LogP contribution >= 0.6 is 0 Å². The van der Waals surface area contributed by atoms with Crippen LogP contribution in [0.2, 0.25) is 0 Å². The molecule has 1 unspecified atom stereocenters. The van der Waals surface area contributed by atoms with Crippen LogP contribution in [0.25, 0.3) is 0 Å². The molecule has 0 saturated carbocycles. The van der Waals surface area contributed by atoms with E-state index in [-0.39, 0.29) is 11.7 Å². The first-order chi connectivity index (χ1) is 14.4. The molecule has 0 bridgehead atoms. The number of halogens is 1. The molecule has 0 heterocycles. The van der Waals surface area contributed by atoms with Gasteiger partial charge >= 0.3 is 0 Å². The van der Waals surface area contributed by atoms with E-state index in [9.17, 15) is 9.18 Å². The van der Waals surface area contributed by atoms with Crippen LogP contribution in [0, 0.1) is 24.1 Å². The number of carbonyl (C=O) groups is 1. The fraction of sp³-hybridized carbons (Fsp3) is 0.167. The van der Waals surface area contributed by atoms with Gasteiger partial charge in [-0.15, -0.1) is 0 Å². The maximum atomic E-state index is 13.6. The Bertz CT molecular complexity index is 1070. The van der Waals surface area contributed by atoms with Crippen LogP contribution in [-0.4, -0.2) is 11.9 Å². The van der Waals surface area contributed by atoms with Crippen LogP contribution in [0.3, 0.4) is 0 Å². The molecule has 0 aliphatic carbocycles. The Morgan fingerprint density at radius 1 is 1.10 bits per heavy atom. The minimum atomic E-state index is -0.519. The number of nitrogens with zero attached hydrogens (tertiary/aromatic N) is 1. The lowest BCUT2D eigenvalue weighted by Gasteiger charge is -2.16. The van der Waals surface area contributed by atoms with Gasteiger partial charge < -0.3 is 15.4 Å². The zero-order chi connectivity index (χ0) is 21.5. The summed E-state index contributed by atoms with van der Waals surface area (Å²) in [6, 6.07) is 20.7. The van der Waals surface area contributed by atoms with Crippen molar-refractivity contribution in [2.75, 3.05) is 10.6 Å². The zero-order valence-corrected chi connectivity index (χ0v) is 16.8. The SMILES string of the molecule is Cc1ccc(NC(=O)C(C)Nc2ccc(OCc3cccc(C#N)c3)cc2)cc1F. The van der Waals surface area contributed by atoms with Gasteiger partial charge in [-0.05, 0) is 73.5 Å². The second kappa shape index (κ2) is 9.57. The number of nitriles is 1. The first-order valence-corrected chi connectivity index (χ1v) is 9.50. The number of rotatable bonds is 7. The average Bonchev–Trinajstić information content (AvgIpc) is 2.76. The number of aryl methyl sites for hydroxylation is 1. The third kappa shape index (κ3) is 5.58.